The van der Waals surface area contributed by atoms with Crippen LogP contribution in [0.4, 0.5) is 24.0 Å². The van der Waals surface area contributed by atoms with Crippen molar-refractivity contribution in [1.82, 2.24) is 0 Å². The number of rotatable bonds is 0. The number of carbonyl (C=O) groups is 5. The van der Waals surface area contributed by atoms with Crippen molar-refractivity contribution >= 4 is 30.8 Å². The van der Waals surface area contributed by atoms with Gasteiger partial charge in [0.05, 0.1) is 0 Å². The average molecular weight is 978 g/mol. The van der Waals surface area contributed by atoms with Crippen LogP contribution in [0.25, 0.3) is 0 Å². The van der Waals surface area contributed by atoms with E-state index >= 15 is 0 Å². The van der Waals surface area contributed by atoms with Gasteiger partial charge < -0.3 is 75.0 Å². The summed E-state index contributed by atoms with van der Waals surface area (Å²) in [6.07, 6.45) is -11.7. The maximum absolute atomic E-state index is 8.58. The molecule has 0 fully saturated rings. The molecule has 0 bridgehead atoms. The zero-order valence-corrected chi connectivity index (χ0v) is 37.6. The quantitative estimate of drug-likeness (QED) is 0.203. The molecule has 0 spiro atoms. The van der Waals surface area contributed by atoms with Crippen LogP contribution in [0.1, 0.15) is 0 Å². The Hall–Kier alpha value is 3.65. The van der Waals surface area contributed by atoms with E-state index < -0.39 is 86.4 Å². The second-order valence-corrected chi connectivity index (χ2v) is 2.80. The second-order valence-electron chi connectivity index (χ2n) is 1.42. The van der Waals surface area contributed by atoms with E-state index in [9.17, 15) is 0 Å². The van der Waals surface area contributed by atoms with Crippen molar-refractivity contribution < 1.29 is 317 Å². The van der Waals surface area contributed by atoms with E-state index in [-0.39, 0.29) is 177 Å². The topological polar surface area (TPSA) is 384 Å². The van der Waals surface area contributed by atoms with E-state index in [1.165, 1.54) is 0 Å². The molecule has 0 N–H and O–H groups in total. The van der Waals surface area contributed by atoms with Gasteiger partial charge in [0, 0.05) is 0 Å². The monoisotopic (exact) mass is 978 g/mol. The summed E-state index contributed by atoms with van der Waals surface area (Å²) < 4.78 is 34.3. The van der Waals surface area contributed by atoms with E-state index in [1.54, 1.807) is 0 Å². The summed E-state index contributed by atoms with van der Waals surface area (Å²) in [5, 5.41) is 83.3. The molecule has 0 aliphatic rings. The van der Waals surface area contributed by atoms with Gasteiger partial charge in [0.25, 0.3) is 0 Å². The predicted octanol–water partition coefficient (Wildman–Crippen LogP) is -30.7. The van der Waals surface area contributed by atoms with Gasteiger partial charge in [0.2, 0.25) is 0 Å². The van der Waals surface area contributed by atoms with Gasteiger partial charge in [-0.2, -0.15) is 0 Å². The molecule has 0 aromatic rings. The molecule has 0 aromatic carbocycles. The van der Waals surface area contributed by atoms with E-state index in [0.29, 0.717) is 0 Å². The molecule has 148 valence electrons. The number of carbonyl (C=O) groups excluding carboxylic acids is 5. The van der Waals surface area contributed by atoms with E-state index in [0.717, 1.165) is 0 Å². The number of hydrogen-bond donors (Lipinski definition) is 0. The zero-order valence-electron chi connectivity index (χ0n) is 17.3. The number of carboxylic acid groups (broad SMARTS) is 10. The fourth-order valence-corrected chi connectivity index (χ4v) is 0. The Labute approximate surface area is 340 Å². The summed E-state index contributed by atoms with van der Waals surface area (Å²) in [7, 11) is 0. The predicted molar refractivity (Wildman–Crippen MR) is 29.7 cm³/mol. The zero-order chi connectivity index (χ0) is 23.3. The molecule has 0 saturated heterocycles. The van der Waals surface area contributed by atoms with Crippen molar-refractivity contribution in [3.8, 4) is 0 Å². The summed E-state index contributed by atoms with van der Waals surface area (Å²) >= 11 is -5.01. The molecule has 32 heavy (non-hydrogen) atoms. The molecular weight excluding hydrogens is 978 g/mol. The third-order valence-corrected chi connectivity index (χ3v) is 0. The third kappa shape index (κ3) is 2690. The SMILES string of the molecule is O=C([O-])[O-].O=C([O-])[O-].O=C([O-])[O-].O=C([O-])[O-].O=C([O-])[O-].[Na+].[Na+].[Na+].[Na+].[Na+].[Na+].[O]=[U+2]=[O].[O]=[U+2]=[O]. The van der Waals surface area contributed by atoms with Crippen LogP contribution < -0.4 is 228 Å². The van der Waals surface area contributed by atoms with Crippen LogP contribution in [0.3, 0.4) is 0 Å². The van der Waals surface area contributed by atoms with E-state index in [4.69, 9.17) is 84.0 Å². The summed E-state index contributed by atoms with van der Waals surface area (Å²) in [6.45, 7) is 0. The van der Waals surface area contributed by atoms with Gasteiger partial charge in [-0.3, -0.25) is 0 Å². The summed E-state index contributed by atoms with van der Waals surface area (Å²) in [5.74, 6) is 0. The first kappa shape index (κ1) is 83.4. The molecular formula is C5Na6O19U2. The molecule has 0 aromatic heterocycles. The Morgan fingerprint density at radius 1 is 0.312 bits per heavy atom. The van der Waals surface area contributed by atoms with Crippen molar-refractivity contribution in [1.29, 1.82) is 0 Å². The van der Waals surface area contributed by atoms with Crippen molar-refractivity contribution in [2.45, 2.75) is 0 Å². The molecule has 0 aliphatic carbocycles. The molecule has 0 saturated carbocycles. The first-order chi connectivity index (χ1) is 11.5. The summed E-state index contributed by atoms with van der Waals surface area (Å²) in [4.78, 5) is 41.7. The fraction of sp³-hybridized carbons (Fsp3) is 0. The van der Waals surface area contributed by atoms with Gasteiger partial charge in [-0.15, -0.1) is 0 Å². The minimum absolute atomic E-state index is 0. The van der Waals surface area contributed by atoms with Crippen LogP contribution in [0.2, 0.25) is 0 Å². The van der Waals surface area contributed by atoms with Gasteiger partial charge in [-0.25, -0.2) is 0 Å². The average Bonchev–Trinajstić information content (AvgIpc) is 2.25. The molecule has 0 heterocycles. The van der Waals surface area contributed by atoms with Crippen molar-refractivity contribution in [3.63, 3.8) is 0 Å². The molecule has 0 atom stereocenters. The normalized spacial score (nSPS) is 4.25. The summed E-state index contributed by atoms with van der Waals surface area (Å²) in [6, 6.07) is 0. The van der Waals surface area contributed by atoms with Crippen LogP contribution in [0, 0.1) is 55.6 Å². The molecule has 0 rings (SSSR count). The Balaban J connectivity index is -0.0000000116. The van der Waals surface area contributed by atoms with Crippen LogP contribution in [0.5, 0.6) is 0 Å². The van der Waals surface area contributed by atoms with Crippen LogP contribution >= 0.6 is 0 Å². The van der Waals surface area contributed by atoms with Crippen LogP contribution in [-0.4, -0.2) is 30.8 Å². The Kier molecular flexibility index (Phi) is 240. The second kappa shape index (κ2) is 92.0. The van der Waals surface area contributed by atoms with Gasteiger partial charge in [0.1, 0.15) is 0 Å². The fourth-order valence-electron chi connectivity index (χ4n) is 0. The van der Waals surface area contributed by atoms with Crippen LogP contribution in [0.15, 0.2) is 0 Å². The first-order valence-electron chi connectivity index (χ1n) is 3.88. The van der Waals surface area contributed by atoms with Crippen molar-refractivity contribution in [2.75, 3.05) is 0 Å². The minimum atomic E-state index is -2.51. The molecule has 27 heteroatoms. The Morgan fingerprint density at radius 3 is 0.312 bits per heavy atom. The summed E-state index contributed by atoms with van der Waals surface area (Å²) in [5.41, 5.74) is 0. The van der Waals surface area contributed by atoms with Gasteiger partial charge in [-0.1, -0.05) is 0 Å². The molecule has 0 unspecified atom stereocenters. The van der Waals surface area contributed by atoms with E-state index in [1.807, 2.05) is 0 Å². The Morgan fingerprint density at radius 2 is 0.312 bits per heavy atom. The molecule has 0 aliphatic heterocycles. The van der Waals surface area contributed by atoms with Gasteiger partial charge in [0.15, 0.2) is 0 Å². The van der Waals surface area contributed by atoms with Crippen LogP contribution in [-0.2, 0) is 8.94 Å². The molecule has 0 radical (unpaired) electrons. The standard InChI is InChI=1S/5CH2O3.6Na.4O.2U/c5*2-1(3)4;;;;;;;;;;;;/h5*(H2,2,3,4);;;;;;;;;;;;/q;;;;;6*+1;;;;;2*+2/p-10. The first-order valence-corrected chi connectivity index (χ1v) is 10.7. The molecule has 19 nitrogen and oxygen atoms in total. The Bertz CT molecular complexity index is 361. The van der Waals surface area contributed by atoms with Crippen molar-refractivity contribution in [3.05, 3.63) is 0 Å². The van der Waals surface area contributed by atoms with Gasteiger partial charge in [-0.05, 0) is 30.8 Å². The molecule has 0 amide bonds. The number of hydrogen-bond acceptors (Lipinski definition) is 19. The van der Waals surface area contributed by atoms with Gasteiger partial charge >= 0.3 is 242 Å². The van der Waals surface area contributed by atoms with Crippen molar-refractivity contribution in [2.24, 2.45) is 0 Å². The van der Waals surface area contributed by atoms with E-state index in [2.05, 4.69) is 0 Å². The maximum atomic E-state index is 8.58. The third-order valence-electron chi connectivity index (χ3n) is 0.